The summed E-state index contributed by atoms with van der Waals surface area (Å²) in [4.78, 5) is 11.4. The van der Waals surface area contributed by atoms with Crippen molar-refractivity contribution in [1.82, 2.24) is 0 Å². The summed E-state index contributed by atoms with van der Waals surface area (Å²) in [7, 11) is 0. The average Bonchev–Trinajstić information content (AvgIpc) is 2.69. The van der Waals surface area contributed by atoms with Crippen molar-refractivity contribution >= 4 is 23.3 Å². The topological polar surface area (TPSA) is 77.4 Å². The summed E-state index contributed by atoms with van der Waals surface area (Å²) in [5.74, 6) is -2.43. The summed E-state index contributed by atoms with van der Waals surface area (Å²) in [5.41, 5.74) is -0.364. The van der Waals surface area contributed by atoms with Gasteiger partial charge in [-0.3, -0.25) is 0 Å². The van der Waals surface area contributed by atoms with Gasteiger partial charge in [0.2, 0.25) is 11.5 Å². The van der Waals surface area contributed by atoms with E-state index >= 15 is 0 Å². The zero-order valence-corrected chi connectivity index (χ0v) is 8.99. The molecule has 0 saturated carbocycles. The average molecular weight is 238 g/mol. The van der Waals surface area contributed by atoms with Gasteiger partial charge in [0.25, 0.3) is 0 Å². The van der Waals surface area contributed by atoms with Gasteiger partial charge in [0.1, 0.15) is 0 Å². The van der Waals surface area contributed by atoms with Crippen molar-refractivity contribution in [2.24, 2.45) is 5.16 Å². The van der Waals surface area contributed by atoms with E-state index in [1.165, 1.54) is 0 Å². The Morgan fingerprint density at radius 1 is 1.60 bits per heavy atom. The number of rotatable bonds is 4. The van der Waals surface area contributed by atoms with Crippen molar-refractivity contribution < 1.29 is 24.2 Å². The maximum Gasteiger partial charge on any atom is 0.361 e. The highest BCUT2D eigenvalue weighted by molar-refractivity contribution is 6.40. The highest BCUT2D eigenvalue weighted by Crippen LogP contribution is 2.23. The fourth-order valence-corrected chi connectivity index (χ4v) is 1.48. The number of carbonyl (C=O) groups excluding carboxylic acids is 1. The maximum atomic E-state index is 11.4. The highest BCUT2D eigenvalue weighted by atomic mass is 35.5. The van der Waals surface area contributed by atoms with Gasteiger partial charge >= 0.3 is 5.97 Å². The van der Waals surface area contributed by atoms with Crippen LogP contribution < -0.4 is 0 Å². The molecule has 0 aromatic rings. The van der Waals surface area contributed by atoms with E-state index in [0.717, 1.165) is 0 Å². The van der Waals surface area contributed by atoms with Crippen molar-refractivity contribution in [3.8, 4) is 0 Å². The van der Waals surface area contributed by atoms with E-state index in [4.69, 9.17) is 26.3 Å². The Bertz CT molecular complexity index is 262. The molecule has 0 unspecified atom stereocenters. The van der Waals surface area contributed by atoms with Crippen LogP contribution in [0.3, 0.4) is 0 Å². The van der Waals surface area contributed by atoms with Crippen molar-refractivity contribution in [3.63, 3.8) is 0 Å². The standard InChI is InChI=1S/C8H12ClNO5/c1-2-13-7(11)6(10-12)8(5-9)14-3-4-15-8/h12H,2-5H2,1H3/b10-6+. The lowest BCUT2D eigenvalue weighted by molar-refractivity contribution is -0.140. The number of esters is 1. The van der Waals surface area contributed by atoms with Gasteiger partial charge < -0.3 is 19.4 Å². The van der Waals surface area contributed by atoms with Crippen LogP contribution in [0.5, 0.6) is 0 Å². The minimum atomic E-state index is -1.48. The second-order valence-corrected chi connectivity index (χ2v) is 3.02. The first-order valence-corrected chi connectivity index (χ1v) is 4.97. The molecule has 7 heteroatoms. The fourth-order valence-electron chi connectivity index (χ4n) is 1.20. The lowest BCUT2D eigenvalue weighted by Crippen LogP contribution is -2.47. The molecule has 6 nitrogen and oxygen atoms in total. The molecule has 0 aromatic carbocycles. The summed E-state index contributed by atoms with van der Waals surface area (Å²) >= 11 is 5.63. The number of alkyl halides is 1. The van der Waals surface area contributed by atoms with E-state index in [0.29, 0.717) is 0 Å². The molecule has 1 heterocycles. The molecule has 0 atom stereocenters. The molecule has 0 bridgehead atoms. The Balaban J connectivity index is 2.85. The van der Waals surface area contributed by atoms with E-state index in [9.17, 15) is 4.79 Å². The van der Waals surface area contributed by atoms with Gasteiger partial charge in [0, 0.05) is 0 Å². The van der Waals surface area contributed by atoms with Gasteiger partial charge in [0.15, 0.2) is 0 Å². The SMILES string of the molecule is CCOC(=O)/C(=N\O)C1(CCl)OCCO1. The van der Waals surface area contributed by atoms with Crippen LogP contribution >= 0.6 is 11.6 Å². The molecule has 86 valence electrons. The monoisotopic (exact) mass is 237 g/mol. The molecule has 0 radical (unpaired) electrons. The number of carbonyl (C=O) groups is 1. The smallest absolute Gasteiger partial charge is 0.361 e. The minimum absolute atomic E-state index is 0.148. The van der Waals surface area contributed by atoms with Gasteiger partial charge in [-0.1, -0.05) is 5.16 Å². The fraction of sp³-hybridized carbons (Fsp3) is 0.750. The van der Waals surface area contributed by atoms with Crippen LogP contribution in [0.25, 0.3) is 0 Å². The first-order valence-electron chi connectivity index (χ1n) is 4.43. The quantitative estimate of drug-likeness (QED) is 0.251. The van der Waals surface area contributed by atoms with Crippen LogP contribution in [0.2, 0.25) is 0 Å². The highest BCUT2D eigenvalue weighted by Gasteiger charge is 2.46. The molecular weight excluding hydrogens is 226 g/mol. The van der Waals surface area contributed by atoms with E-state index in [1.807, 2.05) is 0 Å². The third-order valence-electron chi connectivity index (χ3n) is 1.86. The Labute approximate surface area is 91.7 Å². The van der Waals surface area contributed by atoms with Crippen molar-refractivity contribution in [2.75, 3.05) is 25.7 Å². The van der Waals surface area contributed by atoms with E-state index in [1.54, 1.807) is 6.92 Å². The maximum absolute atomic E-state index is 11.4. The molecule has 0 aliphatic carbocycles. The van der Waals surface area contributed by atoms with E-state index in [-0.39, 0.29) is 31.4 Å². The number of oxime groups is 1. The molecule has 1 N–H and O–H groups in total. The normalized spacial score (nSPS) is 20.3. The minimum Gasteiger partial charge on any atom is -0.461 e. The molecule has 15 heavy (non-hydrogen) atoms. The van der Waals surface area contributed by atoms with Crippen molar-refractivity contribution in [2.45, 2.75) is 12.7 Å². The van der Waals surface area contributed by atoms with Crippen LogP contribution in [0.4, 0.5) is 0 Å². The summed E-state index contributed by atoms with van der Waals surface area (Å²) in [5, 5.41) is 11.6. The van der Waals surface area contributed by atoms with Crippen molar-refractivity contribution in [3.05, 3.63) is 0 Å². The van der Waals surface area contributed by atoms with Gasteiger partial charge in [-0.2, -0.15) is 0 Å². The molecule has 0 amide bonds. The van der Waals surface area contributed by atoms with Gasteiger partial charge in [-0.25, -0.2) is 4.79 Å². The molecule has 1 aliphatic heterocycles. The van der Waals surface area contributed by atoms with Gasteiger partial charge in [-0.15, -0.1) is 11.6 Å². The molecule has 1 saturated heterocycles. The largest absolute Gasteiger partial charge is 0.461 e. The Morgan fingerprint density at radius 3 is 2.60 bits per heavy atom. The molecule has 0 aromatic heterocycles. The van der Waals surface area contributed by atoms with Crippen molar-refractivity contribution in [1.29, 1.82) is 0 Å². The Morgan fingerprint density at radius 2 is 2.20 bits per heavy atom. The van der Waals surface area contributed by atoms with Crippen LogP contribution in [0, 0.1) is 0 Å². The molecule has 1 aliphatic rings. The van der Waals surface area contributed by atoms with E-state index in [2.05, 4.69) is 9.89 Å². The molecular formula is C8H12ClNO5. The lowest BCUT2D eigenvalue weighted by atomic mass is 10.2. The Kier molecular flexibility index (Phi) is 4.31. The Hall–Kier alpha value is -0.850. The molecule has 1 rings (SSSR count). The third kappa shape index (κ3) is 2.39. The van der Waals surface area contributed by atoms with E-state index < -0.39 is 11.8 Å². The van der Waals surface area contributed by atoms with Crippen LogP contribution in [0.1, 0.15) is 6.92 Å². The number of nitrogens with zero attached hydrogens (tertiary/aromatic N) is 1. The summed E-state index contributed by atoms with van der Waals surface area (Å²) in [6, 6.07) is 0. The number of ether oxygens (including phenoxy) is 3. The molecule has 1 fully saturated rings. The van der Waals surface area contributed by atoms with Crippen LogP contribution in [0.15, 0.2) is 5.16 Å². The van der Waals surface area contributed by atoms with Crippen LogP contribution in [-0.2, 0) is 19.0 Å². The van der Waals surface area contributed by atoms with Gasteiger partial charge in [-0.05, 0) is 6.92 Å². The van der Waals surface area contributed by atoms with Crippen LogP contribution in [-0.4, -0.2) is 48.4 Å². The zero-order chi connectivity index (χ0) is 11.3. The number of hydrogen-bond donors (Lipinski definition) is 1. The first-order chi connectivity index (χ1) is 7.20. The predicted octanol–water partition coefficient (Wildman–Crippen LogP) is 0.362. The lowest BCUT2D eigenvalue weighted by Gasteiger charge is -2.23. The number of hydrogen-bond acceptors (Lipinski definition) is 6. The predicted molar refractivity (Wildman–Crippen MR) is 51.2 cm³/mol. The number of halogens is 1. The first kappa shape index (κ1) is 12.2. The second kappa shape index (κ2) is 5.29. The summed E-state index contributed by atoms with van der Waals surface area (Å²) in [6.07, 6.45) is 0. The second-order valence-electron chi connectivity index (χ2n) is 2.75. The van der Waals surface area contributed by atoms with Gasteiger partial charge in [0.05, 0.1) is 25.7 Å². The summed E-state index contributed by atoms with van der Waals surface area (Å²) in [6.45, 7) is 2.36. The third-order valence-corrected chi connectivity index (χ3v) is 2.21. The zero-order valence-electron chi connectivity index (χ0n) is 8.23. The summed E-state index contributed by atoms with van der Waals surface area (Å²) < 4.78 is 15.0. The molecule has 0 spiro atoms.